The number of aryl methyl sites for hydroxylation is 1. The van der Waals surface area contributed by atoms with Crippen molar-refractivity contribution in [3.8, 4) is 0 Å². The largest absolute Gasteiger partial charge is 0.376 e. The first kappa shape index (κ1) is 17.4. The van der Waals surface area contributed by atoms with Crippen LogP contribution in [-0.4, -0.2) is 61.3 Å². The van der Waals surface area contributed by atoms with Gasteiger partial charge >= 0.3 is 0 Å². The third-order valence-corrected chi connectivity index (χ3v) is 5.72. The molecule has 1 unspecified atom stereocenters. The first-order valence-corrected chi connectivity index (χ1v) is 9.04. The van der Waals surface area contributed by atoms with E-state index in [2.05, 4.69) is 5.32 Å². The highest BCUT2D eigenvalue weighted by molar-refractivity contribution is 5.95. The SMILES string of the molecule is Cc1cc(F)ccc1C(=O)NCC12CC(CN1C(=O)C1COCCO1)C2. The Morgan fingerprint density at radius 3 is 2.85 bits per heavy atom. The van der Waals surface area contributed by atoms with Crippen LogP contribution in [0.25, 0.3) is 0 Å². The van der Waals surface area contributed by atoms with Crippen molar-refractivity contribution >= 4 is 11.8 Å². The number of hydrogen-bond donors (Lipinski definition) is 1. The molecule has 1 aliphatic carbocycles. The fourth-order valence-electron chi connectivity index (χ4n) is 4.41. The molecule has 2 bridgehead atoms. The van der Waals surface area contributed by atoms with Gasteiger partial charge in [0.1, 0.15) is 5.82 Å². The summed E-state index contributed by atoms with van der Waals surface area (Å²) < 4.78 is 24.1. The molecule has 0 spiro atoms. The number of amides is 2. The molecule has 3 heterocycles. The van der Waals surface area contributed by atoms with Gasteiger partial charge in [-0.15, -0.1) is 0 Å². The van der Waals surface area contributed by atoms with Crippen LogP contribution in [0.4, 0.5) is 4.39 Å². The van der Waals surface area contributed by atoms with E-state index in [1.165, 1.54) is 18.2 Å². The van der Waals surface area contributed by atoms with E-state index >= 15 is 0 Å². The van der Waals surface area contributed by atoms with Gasteiger partial charge in [-0.25, -0.2) is 4.39 Å². The number of carbonyl (C=O) groups is 2. The second-order valence-electron chi connectivity index (χ2n) is 7.52. The molecule has 2 amide bonds. The van der Waals surface area contributed by atoms with Crippen molar-refractivity contribution in [2.24, 2.45) is 5.92 Å². The molecule has 3 saturated heterocycles. The van der Waals surface area contributed by atoms with Gasteiger partial charge in [0, 0.05) is 18.7 Å². The van der Waals surface area contributed by atoms with Crippen molar-refractivity contribution < 1.29 is 23.5 Å². The molecule has 1 atom stereocenters. The molecule has 6 nitrogen and oxygen atoms in total. The predicted molar refractivity (Wildman–Crippen MR) is 91.2 cm³/mol. The van der Waals surface area contributed by atoms with Crippen LogP contribution in [-0.2, 0) is 14.3 Å². The van der Waals surface area contributed by atoms with Gasteiger partial charge in [0.05, 0.1) is 25.4 Å². The fraction of sp³-hybridized carbons (Fsp3) is 0.579. The van der Waals surface area contributed by atoms with Gasteiger partial charge in [-0.05, 0) is 49.4 Å². The maximum absolute atomic E-state index is 13.2. The molecule has 0 aromatic heterocycles. The van der Waals surface area contributed by atoms with Gasteiger partial charge in [0.2, 0.25) is 0 Å². The summed E-state index contributed by atoms with van der Waals surface area (Å²) in [6, 6.07) is 4.12. The predicted octanol–water partition coefficient (Wildman–Crippen LogP) is 1.27. The number of benzene rings is 1. The normalized spacial score (nSPS) is 30.0. The molecule has 0 radical (unpaired) electrons. The molecule has 1 aromatic carbocycles. The van der Waals surface area contributed by atoms with Gasteiger partial charge in [-0.2, -0.15) is 0 Å². The maximum Gasteiger partial charge on any atom is 0.254 e. The summed E-state index contributed by atoms with van der Waals surface area (Å²) in [4.78, 5) is 27.2. The Morgan fingerprint density at radius 1 is 1.35 bits per heavy atom. The number of nitrogens with one attached hydrogen (secondary N) is 1. The highest BCUT2D eigenvalue weighted by atomic mass is 19.1. The second kappa shape index (κ2) is 6.63. The van der Waals surface area contributed by atoms with Crippen molar-refractivity contribution in [3.63, 3.8) is 0 Å². The number of fused-ring (bicyclic) bond motifs is 1. The van der Waals surface area contributed by atoms with Crippen molar-refractivity contribution in [2.45, 2.75) is 31.4 Å². The number of nitrogens with zero attached hydrogens (tertiary/aromatic N) is 1. The van der Waals surface area contributed by atoms with E-state index < -0.39 is 6.10 Å². The Kier molecular flexibility index (Phi) is 4.44. The van der Waals surface area contributed by atoms with Crippen LogP contribution in [0.5, 0.6) is 0 Å². The first-order valence-electron chi connectivity index (χ1n) is 9.04. The molecule has 26 heavy (non-hydrogen) atoms. The Bertz CT molecular complexity index is 726. The van der Waals surface area contributed by atoms with E-state index in [-0.39, 0.29) is 29.8 Å². The number of ether oxygens (including phenoxy) is 2. The molecule has 7 heteroatoms. The van der Waals surface area contributed by atoms with E-state index in [0.717, 1.165) is 12.8 Å². The lowest BCUT2D eigenvalue weighted by Gasteiger charge is -2.43. The summed E-state index contributed by atoms with van der Waals surface area (Å²) in [6.45, 7) is 4.06. The minimum atomic E-state index is -0.546. The maximum atomic E-state index is 13.2. The lowest BCUT2D eigenvalue weighted by Crippen LogP contribution is -2.58. The highest BCUT2D eigenvalue weighted by Crippen LogP contribution is 2.50. The summed E-state index contributed by atoms with van der Waals surface area (Å²) in [5, 5.41) is 2.94. The van der Waals surface area contributed by atoms with E-state index in [9.17, 15) is 14.0 Å². The van der Waals surface area contributed by atoms with Crippen molar-refractivity contribution in [1.29, 1.82) is 0 Å². The molecule has 140 valence electrons. The first-order chi connectivity index (χ1) is 12.5. The van der Waals surface area contributed by atoms with E-state index in [1.54, 1.807) is 6.92 Å². The minimum absolute atomic E-state index is 0.0445. The fourth-order valence-corrected chi connectivity index (χ4v) is 4.41. The smallest absolute Gasteiger partial charge is 0.254 e. The lowest BCUT2D eigenvalue weighted by molar-refractivity contribution is -0.161. The molecule has 5 rings (SSSR count). The highest BCUT2D eigenvalue weighted by Gasteiger charge is 2.58. The van der Waals surface area contributed by atoms with Crippen molar-refractivity contribution in [3.05, 3.63) is 35.1 Å². The summed E-state index contributed by atoms with van der Waals surface area (Å²) in [5.74, 6) is -0.150. The third-order valence-electron chi connectivity index (χ3n) is 5.72. The van der Waals surface area contributed by atoms with Crippen LogP contribution in [0, 0.1) is 18.7 Å². The number of halogens is 1. The van der Waals surface area contributed by atoms with Gasteiger partial charge in [-0.3, -0.25) is 9.59 Å². The van der Waals surface area contributed by atoms with Crippen LogP contribution < -0.4 is 5.32 Å². The van der Waals surface area contributed by atoms with Gasteiger partial charge in [-0.1, -0.05) is 0 Å². The monoisotopic (exact) mass is 362 g/mol. The summed E-state index contributed by atoms with van der Waals surface area (Å²) in [5.41, 5.74) is 0.726. The summed E-state index contributed by atoms with van der Waals surface area (Å²) in [7, 11) is 0. The zero-order chi connectivity index (χ0) is 18.3. The number of rotatable bonds is 4. The average Bonchev–Trinajstić information content (AvgIpc) is 3.15. The van der Waals surface area contributed by atoms with Crippen molar-refractivity contribution in [2.75, 3.05) is 32.9 Å². The number of hydrogen-bond acceptors (Lipinski definition) is 4. The summed E-state index contributed by atoms with van der Waals surface area (Å²) >= 11 is 0. The van der Waals surface area contributed by atoms with Crippen LogP contribution in [0.1, 0.15) is 28.8 Å². The van der Waals surface area contributed by atoms with E-state index in [1.807, 2.05) is 4.90 Å². The van der Waals surface area contributed by atoms with Gasteiger partial charge in [0.15, 0.2) is 6.10 Å². The molecule has 1 aromatic rings. The zero-order valence-corrected chi connectivity index (χ0v) is 14.8. The molecule has 1 saturated carbocycles. The average molecular weight is 362 g/mol. The Hall–Kier alpha value is -1.99. The van der Waals surface area contributed by atoms with E-state index in [0.29, 0.717) is 43.3 Å². The van der Waals surface area contributed by atoms with Crippen LogP contribution in [0.3, 0.4) is 0 Å². The molecule has 1 N–H and O–H groups in total. The van der Waals surface area contributed by atoms with Gasteiger partial charge in [0.25, 0.3) is 11.8 Å². The molecule has 3 aliphatic heterocycles. The Balaban J connectivity index is 1.42. The zero-order valence-electron chi connectivity index (χ0n) is 14.8. The quantitative estimate of drug-likeness (QED) is 0.876. The molecular formula is C19H23FN2O4. The minimum Gasteiger partial charge on any atom is -0.376 e. The Labute approximate surface area is 151 Å². The topological polar surface area (TPSA) is 67.9 Å². The third kappa shape index (κ3) is 2.99. The number of carbonyl (C=O) groups excluding carboxylic acids is 2. The van der Waals surface area contributed by atoms with Crippen LogP contribution >= 0.6 is 0 Å². The van der Waals surface area contributed by atoms with Crippen LogP contribution in [0.15, 0.2) is 18.2 Å². The molecule has 4 fully saturated rings. The van der Waals surface area contributed by atoms with Gasteiger partial charge < -0.3 is 19.7 Å². The molecule has 4 aliphatic rings. The Morgan fingerprint density at radius 2 is 2.15 bits per heavy atom. The van der Waals surface area contributed by atoms with E-state index in [4.69, 9.17) is 9.47 Å². The van der Waals surface area contributed by atoms with Crippen LogP contribution in [0.2, 0.25) is 0 Å². The van der Waals surface area contributed by atoms with Crippen molar-refractivity contribution in [1.82, 2.24) is 10.2 Å². The standard InChI is InChI=1S/C19H23FN2O4/c1-12-6-14(20)2-3-15(12)17(23)21-11-19-7-13(8-19)9-22(19)18(24)16-10-25-4-5-26-16/h2-3,6,13,16H,4-5,7-11H2,1H3,(H,21,23). The second-order valence-corrected chi connectivity index (χ2v) is 7.52. The summed E-state index contributed by atoms with van der Waals surface area (Å²) in [6.07, 6.45) is 1.25. The lowest BCUT2D eigenvalue weighted by atomic mass is 9.73. The molecular weight excluding hydrogens is 339 g/mol.